The molecule has 14 heavy (non-hydrogen) atoms. The third kappa shape index (κ3) is 3.79. The van der Waals surface area contributed by atoms with E-state index >= 15 is 0 Å². The second kappa shape index (κ2) is 5.66. The maximum Gasteiger partial charge on any atom is 0.224 e. The Morgan fingerprint density at radius 2 is 2.07 bits per heavy atom. The third-order valence-corrected chi connectivity index (χ3v) is 2.31. The summed E-state index contributed by atoms with van der Waals surface area (Å²) < 4.78 is 0. The van der Waals surface area contributed by atoms with Gasteiger partial charge in [0, 0.05) is 11.9 Å². The van der Waals surface area contributed by atoms with Crippen LogP contribution in [0.15, 0.2) is 30.3 Å². The molecule has 0 saturated heterocycles. The molecule has 0 aliphatic rings. The number of halogens is 1. The molecule has 1 aromatic rings. The van der Waals surface area contributed by atoms with Crippen molar-refractivity contribution in [3.63, 3.8) is 0 Å². The van der Waals surface area contributed by atoms with Crippen molar-refractivity contribution in [3.8, 4) is 0 Å². The van der Waals surface area contributed by atoms with Gasteiger partial charge in [0.1, 0.15) is 0 Å². The Morgan fingerprint density at radius 1 is 1.43 bits per heavy atom. The van der Waals surface area contributed by atoms with Crippen molar-refractivity contribution in [2.45, 2.75) is 19.4 Å². The van der Waals surface area contributed by atoms with Crippen LogP contribution in [0.2, 0.25) is 0 Å². The lowest BCUT2D eigenvalue weighted by atomic mass is 10.1. The monoisotopic (exact) mass is 211 g/mol. The Hall–Kier alpha value is -1.02. The molecule has 3 heteroatoms. The molecule has 0 fully saturated rings. The zero-order valence-electron chi connectivity index (χ0n) is 8.16. The van der Waals surface area contributed by atoms with Crippen molar-refractivity contribution in [2.24, 2.45) is 0 Å². The Morgan fingerprint density at radius 3 is 2.64 bits per heavy atom. The molecular weight excluding hydrogens is 198 g/mol. The molecule has 0 aliphatic heterocycles. The predicted octanol–water partition coefficient (Wildman–Crippen LogP) is 1.97. The van der Waals surface area contributed by atoms with Crippen LogP contribution in [0.25, 0.3) is 0 Å². The molecule has 76 valence electrons. The minimum Gasteiger partial charge on any atom is -0.352 e. The van der Waals surface area contributed by atoms with Gasteiger partial charge in [0.05, 0.1) is 6.42 Å². The summed E-state index contributed by atoms with van der Waals surface area (Å²) in [6.07, 6.45) is 0.419. The number of benzene rings is 1. The first-order chi connectivity index (χ1) is 6.72. The first kappa shape index (κ1) is 11.1. The van der Waals surface area contributed by atoms with Crippen LogP contribution in [0.3, 0.4) is 0 Å². The highest BCUT2D eigenvalue weighted by atomic mass is 35.5. The summed E-state index contributed by atoms with van der Waals surface area (Å²) in [5.41, 5.74) is 1.02. The third-order valence-electron chi connectivity index (χ3n) is 1.85. The highest BCUT2D eigenvalue weighted by Gasteiger charge is 2.06. The largest absolute Gasteiger partial charge is 0.352 e. The van der Waals surface area contributed by atoms with E-state index in [2.05, 4.69) is 5.32 Å². The summed E-state index contributed by atoms with van der Waals surface area (Å²) in [6.45, 7) is 1.88. The zero-order valence-corrected chi connectivity index (χ0v) is 8.92. The van der Waals surface area contributed by atoms with Gasteiger partial charge in [-0.15, -0.1) is 11.6 Å². The van der Waals surface area contributed by atoms with Crippen LogP contribution in [0, 0.1) is 0 Å². The molecule has 0 bridgehead atoms. The summed E-state index contributed by atoms with van der Waals surface area (Å²) in [6, 6.07) is 9.69. The molecule has 0 spiro atoms. The van der Waals surface area contributed by atoms with E-state index in [9.17, 15) is 4.79 Å². The lowest BCUT2D eigenvalue weighted by molar-refractivity contribution is -0.120. The Labute approximate surface area is 89.3 Å². The molecule has 1 rings (SSSR count). The number of nitrogens with one attached hydrogen (secondary N) is 1. The van der Waals surface area contributed by atoms with Gasteiger partial charge in [-0.3, -0.25) is 4.79 Å². The second-order valence-electron chi connectivity index (χ2n) is 3.29. The van der Waals surface area contributed by atoms with Gasteiger partial charge in [0.15, 0.2) is 0 Å². The first-order valence-corrected chi connectivity index (χ1v) is 5.15. The first-order valence-electron chi connectivity index (χ1n) is 4.61. The number of rotatable bonds is 4. The zero-order chi connectivity index (χ0) is 10.4. The van der Waals surface area contributed by atoms with Crippen molar-refractivity contribution in [1.29, 1.82) is 0 Å². The standard InChI is InChI=1S/C11H14ClNO/c1-9(8-12)13-11(14)7-10-5-3-2-4-6-10/h2-6,9H,7-8H2,1H3,(H,13,14). The van der Waals surface area contributed by atoms with Gasteiger partial charge in [-0.2, -0.15) is 0 Å². The van der Waals surface area contributed by atoms with E-state index in [4.69, 9.17) is 11.6 Å². The lowest BCUT2D eigenvalue weighted by Gasteiger charge is -2.09. The van der Waals surface area contributed by atoms with Gasteiger partial charge in [-0.1, -0.05) is 30.3 Å². The van der Waals surface area contributed by atoms with E-state index in [1.54, 1.807) is 0 Å². The summed E-state index contributed by atoms with van der Waals surface area (Å²) in [7, 11) is 0. The van der Waals surface area contributed by atoms with Crippen molar-refractivity contribution >= 4 is 17.5 Å². The summed E-state index contributed by atoms with van der Waals surface area (Å²) in [5, 5.41) is 2.81. The lowest BCUT2D eigenvalue weighted by Crippen LogP contribution is -2.34. The molecule has 2 nitrogen and oxygen atoms in total. The van der Waals surface area contributed by atoms with Crippen molar-refractivity contribution in [3.05, 3.63) is 35.9 Å². The maximum atomic E-state index is 11.4. The van der Waals surface area contributed by atoms with Gasteiger partial charge in [0.25, 0.3) is 0 Å². The molecule has 1 aromatic carbocycles. The SMILES string of the molecule is CC(CCl)NC(=O)Cc1ccccc1. The van der Waals surface area contributed by atoms with Crippen LogP contribution in [0.5, 0.6) is 0 Å². The summed E-state index contributed by atoms with van der Waals surface area (Å²) >= 11 is 5.58. The minimum absolute atomic E-state index is 0.0179. The predicted molar refractivity (Wildman–Crippen MR) is 58.5 cm³/mol. The van der Waals surface area contributed by atoms with E-state index in [0.717, 1.165) is 5.56 Å². The average Bonchev–Trinajstić information content (AvgIpc) is 2.19. The van der Waals surface area contributed by atoms with Crippen LogP contribution < -0.4 is 5.32 Å². The number of carbonyl (C=O) groups excluding carboxylic acids is 1. The van der Waals surface area contributed by atoms with E-state index < -0.39 is 0 Å². The van der Waals surface area contributed by atoms with Crippen molar-refractivity contribution < 1.29 is 4.79 Å². The number of amides is 1. The smallest absolute Gasteiger partial charge is 0.224 e. The minimum atomic E-state index is 0.0179. The average molecular weight is 212 g/mol. The molecule has 1 amide bonds. The van der Waals surface area contributed by atoms with E-state index in [1.807, 2.05) is 37.3 Å². The molecule has 1 unspecified atom stereocenters. The summed E-state index contributed by atoms with van der Waals surface area (Å²) in [4.78, 5) is 11.4. The highest BCUT2D eigenvalue weighted by molar-refractivity contribution is 6.18. The van der Waals surface area contributed by atoms with Gasteiger partial charge in [-0.25, -0.2) is 0 Å². The van der Waals surface area contributed by atoms with Gasteiger partial charge in [0.2, 0.25) is 5.91 Å². The van der Waals surface area contributed by atoms with E-state index in [0.29, 0.717) is 12.3 Å². The topological polar surface area (TPSA) is 29.1 Å². The van der Waals surface area contributed by atoms with Crippen molar-refractivity contribution in [1.82, 2.24) is 5.32 Å². The molecule has 1 N–H and O–H groups in total. The van der Waals surface area contributed by atoms with Crippen LogP contribution in [0.1, 0.15) is 12.5 Å². The van der Waals surface area contributed by atoms with Crippen LogP contribution >= 0.6 is 11.6 Å². The second-order valence-corrected chi connectivity index (χ2v) is 3.59. The molecule has 1 atom stereocenters. The molecule has 0 heterocycles. The summed E-state index contributed by atoms with van der Waals surface area (Å²) in [5.74, 6) is 0.463. The van der Waals surface area contributed by atoms with Crippen LogP contribution in [-0.2, 0) is 11.2 Å². The number of hydrogen-bond donors (Lipinski definition) is 1. The molecular formula is C11H14ClNO. The molecule has 0 radical (unpaired) electrons. The van der Waals surface area contributed by atoms with Gasteiger partial charge < -0.3 is 5.32 Å². The fourth-order valence-corrected chi connectivity index (χ4v) is 1.22. The Kier molecular flexibility index (Phi) is 4.47. The normalized spacial score (nSPS) is 12.1. The quantitative estimate of drug-likeness (QED) is 0.759. The van der Waals surface area contributed by atoms with Crippen LogP contribution in [-0.4, -0.2) is 17.8 Å². The van der Waals surface area contributed by atoms with Gasteiger partial charge >= 0.3 is 0 Å². The number of carbonyl (C=O) groups is 1. The van der Waals surface area contributed by atoms with Gasteiger partial charge in [-0.05, 0) is 12.5 Å². The Bertz CT molecular complexity index is 287. The van der Waals surface area contributed by atoms with Crippen molar-refractivity contribution in [2.75, 3.05) is 5.88 Å². The fourth-order valence-electron chi connectivity index (χ4n) is 1.15. The molecule has 0 aliphatic carbocycles. The number of hydrogen-bond acceptors (Lipinski definition) is 1. The van der Waals surface area contributed by atoms with E-state index in [1.165, 1.54) is 0 Å². The van der Waals surface area contributed by atoms with E-state index in [-0.39, 0.29) is 11.9 Å². The fraction of sp³-hybridized carbons (Fsp3) is 0.364. The molecule has 0 saturated carbocycles. The Balaban J connectivity index is 2.42. The molecule has 0 aromatic heterocycles. The number of alkyl halides is 1. The van der Waals surface area contributed by atoms with Crippen LogP contribution in [0.4, 0.5) is 0 Å². The highest BCUT2D eigenvalue weighted by Crippen LogP contribution is 1.99. The maximum absolute atomic E-state index is 11.4.